The predicted molar refractivity (Wildman–Crippen MR) is 106 cm³/mol. The van der Waals surface area contributed by atoms with Crippen molar-refractivity contribution < 1.29 is 9.53 Å². The summed E-state index contributed by atoms with van der Waals surface area (Å²) in [6.45, 7) is 2.36. The maximum atomic E-state index is 13.1. The average molecular weight is 365 g/mol. The largest absolute Gasteiger partial charge is 0.378 e. The van der Waals surface area contributed by atoms with Gasteiger partial charge < -0.3 is 9.64 Å². The Morgan fingerprint density at radius 2 is 1.81 bits per heavy atom. The Bertz CT molecular complexity index is 762. The molecule has 1 aromatic heterocycles. The van der Waals surface area contributed by atoms with E-state index in [0.29, 0.717) is 25.3 Å². The Kier molecular flexibility index (Phi) is 5.23. The van der Waals surface area contributed by atoms with Gasteiger partial charge in [0.1, 0.15) is 5.82 Å². The summed E-state index contributed by atoms with van der Waals surface area (Å²) in [6, 6.07) is 15.0. The second-order valence-corrected chi connectivity index (χ2v) is 7.84. The maximum absolute atomic E-state index is 13.1. The first kappa shape index (κ1) is 18.1. The number of rotatable bonds is 5. The number of nitrogens with zero attached hydrogens (tertiary/aromatic N) is 3. The highest BCUT2D eigenvalue weighted by Gasteiger charge is 2.41. The molecule has 4 rings (SSSR count). The van der Waals surface area contributed by atoms with E-state index in [1.165, 1.54) is 5.56 Å². The average Bonchev–Trinajstić information content (AvgIpc) is 2.68. The van der Waals surface area contributed by atoms with Crippen molar-refractivity contribution in [3.63, 3.8) is 0 Å². The van der Waals surface area contributed by atoms with Gasteiger partial charge in [-0.1, -0.05) is 30.3 Å². The van der Waals surface area contributed by atoms with Gasteiger partial charge in [0.25, 0.3) is 0 Å². The molecule has 2 aromatic rings. The van der Waals surface area contributed by atoms with E-state index in [9.17, 15) is 4.79 Å². The number of hydrogen-bond acceptors (Lipinski definition) is 5. The van der Waals surface area contributed by atoms with Crippen LogP contribution in [0.1, 0.15) is 28.8 Å². The van der Waals surface area contributed by atoms with Crippen LogP contribution in [0.4, 0.5) is 5.82 Å². The van der Waals surface area contributed by atoms with Crippen LogP contribution in [0.5, 0.6) is 0 Å². The lowest BCUT2D eigenvalue weighted by Gasteiger charge is -2.48. The summed E-state index contributed by atoms with van der Waals surface area (Å²) in [7, 11) is 3.90. The molecule has 2 aliphatic heterocycles. The SMILES string of the molecule is CN(C)c1ccc(C(=O)C2CC3COCC(C2)N3Cc2ccccc2)cn1. The van der Waals surface area contributed by atoms with E-state index < -0.39 is 0 Å². The molecule has 2 unspecified atom stereocenters. The fraction of sp³-hybridized carbons (Fsp3) is 0.455. The van der Waals surface area contributed by atoms with Gasteiger partial charge in [0.2, 0.25) is 0 Å². The summed E-state index contributed by atoms with van der Waals surface area (Å²) in [5, 5.41) is 0. The molecule has 0 spiro atoms. The number of ketones is 1. The molecule has 2 aliphatic rings. The first-order chi connectivity index (χ1) is 13.1. The number of aromatic nitrogens is 1. The summed E-state index contributed by atoms with van der Waals surface area (Å²) in [6.07, 6.45) is 3.44. The number of hydrogen-bond donors (Lipinski definition) is 0. The van der Waals surface area contributed by atoms with Gasteiger partial charge in [0.15, 0.2) is 5.78 Å². The van der Waals surface area contributed by atoms with Crippen LogP contribution in [0.3, 0.4) is 0 Å². The minimum absolute atomic E-state index is 0.0583. The highest BCUT2D eigenvalue weighted by molar-refractivity contribution is 5.97. The van der Waals surface area contributed by atoms with Gasteiger partial charge in [-0.25, -0.2) is 4.98 Å². The number of piperidine rings is 1. The third-order valence-electron chi connectivity index (χ3n) is 5.74. The molecular formula is C22H27N3O2. The summed E-state index contributed by atoms with van der Waals surface area (Å²) >= 11 is 0. The molecular weight excluding hydrogens is 338 g/mol. The lowest BCUT2D eigenvalue weighted by molar-refractivity contribution is -0.0872. The number of morpholine rings is 1. The third kappa shape index (κ3) is 3.89. The summed E-state index contributed by atoms with van der Waals surface area (Å²) in [4.78, 5) is 22.0. The van der Waals surface area contributed by atoms with Crippen LogP contribution in [0.25, 0.3) is 0 Å². The molecule has 5 heteroatoms. The number of ether oxygens (including phenoxy) is 1. The quantitative estimate of drug-likeness (QED) is 0.762. The van der Waals surface area contributed by atoms with E-state index in [1.807, 2.05) is 37.2 Å². The zero-order valence-corrected chi connectivity index (χ0v) is 16.0. The Balaban J connectivity index is 1.47. The van der Waals surface area contributed by atoms with E-state index in [-0.39, 0.29) is 11.7 Å². The van der Waals surface area contributed by atoms with E-state index in [2.05, 4.69) is 34.1 Å². The molecule has 0 amide bonds. The first-order valence-corrected chi connectivity index (χ1v) is 9.67. The third-order valence-corrected chi connectivity index (χ3v) is 5.74. The molecule has 0 saturated carbocycles. The van der Waals surface area contributed by atoms with Crippen molar-refractivity contribution in [1.82, 2.24) is 9.88 Å². The molecule has 2 fully saturated rings. The van der Waals surface area contributed by atoms with Crippen molar-refractivity contribution in [3.05, 3.63) is 59.8 Å². The molecule has 27 heavy (non-hydrogen) atoms. The topological polar surface area (TPSA) is 45.7 Å². The molecule has 142 valence electrons. The van der Waals surface area contributed by atoms with Crippen LogP contribution in [-0.2, 0) is 11.3 Å². The maximum Gasteiger partial charge on any atom is 0.167 e. The minimum atomic E-state index is 0.0583. The number of carbonyl (C=O) groups excluding carboxylic acids is 1. The van der Waals surface area contributed by atoms with Crippen molar-refractivity contribution >= 4 is 11.6 Å². The second-order valence-electron chi connectivity index (χ2n) is 7.84. The van der Waals surface area contributed by atoms with E-state index in [1.54, 1.807) is 6.20 Å². The Hall–Kier alpha value is -2.24. The molecule has 2 bridgehead atoms. The van der Waals surface area contributed by atoms with Crippen molar-refractivity contribution in [3.8, 4) is 0 Å². The van der Waals surface area contributed by atoms with Gasteiger partial charge in [0, 0.05) is 50.4 Å². The van der Waals surface area contributed by atoms with Crippen molar-refractivity contribution in [1.29, 1.82) is 0 Å². The Labute approximate surface area is 161 Å². The molecule has 1 aromatic carbocycles. The normalized spacial score (nSPS) is 25.2. The van der Waals surface area contributed by atoms with Crippen molar-refractivity contribution in [2.45, 2.75) is 31.5 Å². The van der Waals surface area contributed by atoms with Crippen LogP contribution in [0.2, 0.25) is 0 Å². The molecule has 5 nitrogen and oxygen atoms in total. The van der Waals surface area contributed by atoms with Gasteiger partial charge in [-0.3, -0.25) is 9.69 Å². The van der Waals surface area contributed by atoms with E-state index in [0.717, 1.165) is 30.8 Å². The fourth-order valence-electron chi connectivity index (χ4n) is 4.29. The van der Waals surface area contributed by atoms with Crippen LogP contribution in [0, 0.1) is 5.92 Å². The van der Waals surface area contributed by atoms with E-state index >= 15 is 0 Å². The highest BCUT2D eigenvalue weighted by atomic mass is 16.5. The van der Waals surface area contributed by atoms with Gasteiger partial charge >= 0.3 is 0 Å². The molecule has 2 atom stereocenters. The van der Waals surface area contributed by atoms with E-state index in [4.69, 9.17) is 4.74 Å². The molecule has 0 N–H and O–H groups in total. The number of Topliss-reactive ketones (excluding diaryl/α,β-unsaturated/α-hetero) is 1. The number of carbonyl (C=O) groups is 1. The molecule has 2 saturated heterocycles. The molecule has 0 aliphatic carbocycles. The van der Waals surface area contributed by atoms with Crippen LogP contribution in [0.15, 0.2) is 48.7 Å². The number of pyridine rings is 1. The minimum Gasteiger partial charge on any atom is -0.378 e. The lowest BCUT2D eigenvalue weighted by atomic mass is 9.80. The van der Waals surface area contributed by atoms with Crippen molar-refractivity contribution in [2.24, 2.45) is 5.92 Å². The number of benzene rings is 1. The summed E-state index contributed by atoms with van der Waals surface area (Å²) < 4.78 is 5.81. The number of anilines is 1. The van der Waals surface area contributed by atoms with Crippen LogP contribution in [-0.4, -0.2) is 55.1 Å². The predicted octanol–water partition coefficient (Wildman–Crippen LogP) is 3.01. The smallest absolute Gasteiger partial charge is 0.167 e. The van der Waals surface area contributed by atoms with Crippen LogP contribution >= 0.6 is 0 Å². The Morgan fingerprint density at radius 3 is 2.41 bits per heavy atom. The first-order valence-electron chi connectivity index (χ1n) is 9.67. The van der Waals surface area contributed by atoms with Gasteiger partial charge in [-0.15, -0.1) is 0 Å². The second kappa shape index (κ2) is 7.79. The molecule has 3 heterocycles. The zero-order chi connectivity index (χ0) is 18.8. The lowest BCUT2D eigenvalue weighted by Crippen LogP contribution is -2.57. The standard InChI is InChI=1S/C22H27N3O2/c1-24(2)21-9-8-17(12-23-21)22(26)18-10-19-14-27-15-20(11-18)25(19)13-16-6-4-3-5-7-16/h3-9,12,18-20H,10-11,13-15H2,1-2H3. The monoisotopic (exact) mass is 365 g/mol. The summed E-state index contributed by atoms with van der Waals surface area (Å²) in [5.74, 6) is 1.15. The zero-order valence-electron chi connectivity index (χ0n) is 16.0. The van der Waals surface area contributed by atoms with Crippen LogP contribution < -0.4 is 4.90 Å². The van der Waals surface area contributed by atoms with Gasteiger partial charge in [-0.05, 0) is 30.5 Å². The van der Waals surface area contributed by atoms with Crippen molar-refractivity contribution in [2.75, 3.05) is 32.2 Å². The fourth-order valence-corrected chi connectivity index (χ4v) is 4.29. The van der Waals surface area contributed by atoms with Gasteiger partial charge in [-0.2, -0.15) is 0 Å². The van der Waals surface area contributed by atoms with Gasteiger partial charge in [0.05, 0.1) is 13.2 Å². The Morgan fingerprint density at radius 1 is 1.11 bits per heavy atom. The highest BCUT2D eigenvalue weighted by Crippen LogP contribution is 2.34. The summed E-state index contributed by atoms with van der Waals surface area (Å²) in [5.41, 5.74) is 2.05. The molecule has 0 radical (unpaired) electrons. The number of fused-ring (bicyclic) bond motifs is 2.